The number of ether oxygens (including phenoxy) is 1. The van der Waals surface area contributed by atoms with Crippen molar-refractivity contribution in [2.24, 2.45) is 0 Å². The molecular formula is C43H45N3O3S. The van der Waals surface area contributed by atoms with Crippen molar-refractivity contribution in [3.05, 3.63) is 166 Å². The van der Waals surface area contributed by atoms with E-state index in [-0.39, 0.29) is 5.91 Å². The van der Waals surface area contributed by atoms with Gasteiger partial charge in [-0.15, -0.1) is 0 Å². The monoisotopic (exact) mass is 683 g/mol. The fraction of sp³-hybridized carbons (Fsp3) is 0.256. The summed E-state index contributed by atoms with van der Waals surface area (Å²) in [7, 11) is 0. The summed E-state index contributed by atoms with van der Waals surface area (Å²) >= 11 is 5.48. The molecule has 5 aromatic rings. The van der Waals surface area contributed by atoms with Crippen LogP contribution in [0.5, 0.6) is 0 Å². The number of fused-ring (bicyclic) bond motifs is 1. The molecule has 5 aromatic carbocycles. The molecule has 256 valence electrons. The average Bonchev–Trinajstić information content (AvgIpc) is 3.45. The predicted molar refractivity (Wildman–Crippen MR) is 207 cm³/mol. The van der Waals surface area contributed by atoms with Crippen molar-refractivity contribution in [3.8, 4) is 0 Å². The molecule has 0 saturated carbocycles. The molecule has 0 fully saturated rings. The third kappa shape index (κ3) is 6.88. The first-order valence-corrected chi connectivity index (χ1v) is 17.6. The van der Waals surface area contributed by atoms with Gasteiger partial charge in [0.1, 0.15) is 5.60 Å². The number of rotatable bonds is 10. The van der Waals surface area contributed by atoms with E-state index in [0.717, 1.165) is 44.8 Å². The topological polar surface area (TPSA) is 70.7 Å². The van der Waals surface area contributed by atoms with Crippen molar-refractivity contribution in [2.75, 3.05) is 16.8 Å². The number of alkyl carbamates (subject to hydrolysis) is 1. The zero-order valence-corrected chi connectivity index (χ0v) is 30.2. The van der Waals surface area contributed by atoms with Crippen LogP contribution >= 0.6 is 12.6 Å². The number of carbonyl (C=O) groups excluding carboxylic acids is 2. The summed E-state index contributed by atoms with van der Waals surface area (Å²) in [6.45, 7) is 10.4. The first kappa shape index (κ1) is 34.8. The first-order chi connectivity index (χ1) is 24.0. The Kier molecular flexibility index (Phi) is 10.1. The summed E-state index contributed by atoms with van der Waals surface area (Å²) in [4.78, 5) is 29.2. The number of hydrogen-bond acceptors (Lipinski definition) is 5. The third-order valence-electron chi connectivity index (χ3n) is 9.56. The van der Waals surface area contributed by atoms with Gasteiger partial charge < -0.3 is 20.3 Å². The normalized spacial score (nSPS) is 14.1. The van der Waals surface area contributed by atoms with E-state index >= 15 is 0 Å². The molecule has 2 amide bonds. The second-order valence-electron chi connectivity index (χ2n) is 13.9. The van der Waals surface area contributed by atoms with Crippen molar-refractivity contribution in [1.29, 1.82) is 0 Å². The minimum absolute atomic E-state index is 0.0240. The molecule has 1 aliphatic heterocycles. The van der Waals surface area contributed by atoms with Crippen LogP contribution in [0.1, 0.15) is 64.5 Å². The van der Waals surface area contributed by atoms with Gasteiger partial charge in [-0.1, -0.05) is 109 Å². The van der Waals surface area contributed by atoms with Crippen LogP contribution < -0.4 is 15.5 Å². The number of aryl methyl sites for hydroxylation is 1. The molecule has 1 heterocycles. The maximum Gasteiger partial charge on any atom is 0.407 e. The van der Waals surface area contributed by atoms with Gasteiger partial charge in [-0.2, -0.15) is 12.6 Å². The SMILES string of the molecule is Cc1cccc(N2Cc3c(NC[C@@H](NC(=O)OC(C)(C)C)C(S)C(c4ccccc4)(c4ccccc4)c4ccccc4)cccc3C2=O)c1C. The highest BCUT2D eigenvalue weighted by Gasteiger charge is 2.46. The summed E-state index contributed by atoms with van der Waals surface area (Å²) < 4.78 is 5.81. The van der Waals surface area contributed by atoms with E-state index in [1.165, 1.54) is 0 Å². The number of nitrogens with zero attached hydrogens (tertiary/aromatic N) is 1. The van der Waals surface area contributed by atoms with E-state index in [1.54, 1.807) is 0 Å². The van der Waals surface area contributed by atoms with E-state index in [1.807, 2.05) is 111 Å². The maximum absolute atomic E-state index is 13.8. The molecule has 1 aliphatic rings. The van der Waals surface area contributed by atoms with Gasteiger partial charge in [-0.25, -0.2) is 4.79 Å². The quantitative estimate of drug-likeness (QED) is 0.102. The van der Waals surface area contributed by atoms with E-state index in [4.69, 9.17) is 17.4 Å². The highest BCUT2D eigenvalue weighted by atomic mass is 32.1. The summed E-state index contributed by atoms with van der Waals surface area (Å²) in [6.07, 6.45) is -0.527. The molecule has 2 N–H and O–H groups in total. The lowest BCUT2D eigenvalue weighted by Crippen LogP contribution is -2.55. The van der Waals surface area contributed by atoms with Crippen LogP contribution in [0.3, 0.4) is 0 Å². The average molecular weight is 684 g/mol. The van der Waals surface area contributed by atoms with Gasteiger partial charge in [0.15, 0.2) is 0 Å². The van der Waals surface area contributed by atoms with E-state index in [9.17, 15) is 9.59 Å². The number of thiol groups is 1. The van der Waals surface area contributed by atoms with E-state index in [2.05, 4.69) is 66.9 Å². The highest BCUT2D eigenvalue weighted by Crippen LogP contribution is 2.46. The third-order valence-corrected chi connectivity index (χ3v) is 10.3. The summed E-state index contributed by atoms with van der Waals surface area (Å²) in [5.74, 6) is -0.0240. The van der Waals surface area contributed by atoms with Crippen LogP contribution in [0.4, 0.5) is 16.2 Å². The smallest absolute Gasteiger partial charge is 0.407 e. The Bertz CT molecular complexity index is 1860. The lowest BCUT2D eigenvalue weighted by molar-refractivity contribution is 0.0503. The number of carbonyl (C=O) groups is 2. The van der Waals surface area contributed by atoms with Gasteiger partial charge in [0, 0.05) is 34.3 Å². The van der Waals surface area contributed by atoms with Gasteiger partial charge in [-0.3, -0.25) is 4.79 Å². The Labute approximate surface area is 301 Å². The van der Waals surface area contributed by atoms with E-state index in [0.29, 0.717) is 18.7 Å². The summed E-state index contributed by atoms with van der Waals surface area (Å²) in [5, 5.41) is 6.36. The van der Waals surface area contributed by atoms with Crippen molar-refractivity contribution in [2.45, 2.75) is 63.5 Å². The molecule has 0 aliphatic carbocycles. The zero-order valence-electron chi connectivity index (χ0n) is 29.3. The Balaban J connectivity index is 1.42. The highest BCUT2D eigenvalue weighted by molar-refractivity contribution is 7.81. The minimum Gasteiger partial charge on any atom is -0.444 e. The molecule has 50 heavy (non-hydrogen) atoms. The molecule has 6 nitrogen and oxygen atoms in total. The standard InChI is InChI=1S/C43H45N3O3S/c1-29-17-15-26-38(30(29)2)46-28-35-34(40(46)47)24-16-25-36(35)44-27-37(45-41(48)49-42(3,4)5)39(50)43(31-18-9-6-10-19-31,32-20-11-7-12-21-32)33-22-13-8-14-23-33/h6-26,37,39,44,50H,27-28H2,1-5H3,(H,45,48)/t37-,39?/m1/s1. The number of amides is 2. The van der Waals surface area contributed by atoms with Gasteiger partial charge in [0.05, 0.1) is 18.0 Å². The summed E-state index contributed by atoms with van der Waals surface area (Å²) in [5.41, 5.74) is 7.23. The fourth-order valence-corrected chi connectivity index (χ4v) is 7.69. The molecule has 0 aromatic heterocycles. The van der Waals surface area contributed by atoms with Crippen LogP contribution in [0.25, 0.3) is 0 Å². The van der Waals surface area contributed by atoms with Gasteiger partial charge >= 0.3 is 6.09 Å². The molecule has 6 rings (SSSR count). The molecule has 0 bridgehead atoms. The molecule has 0 saturated heterocycles. The van der Waals surface area contributed by atoms with Crippen LogP contribution in [-0.2, 0) is 16.7 Å². The van der Waals surface area contributed by atoms with Crippen LogP contribution in [-0.4, -0.2) is 35.4 Å². The van der Waals surface area contributed by atoms with E-state index < -0.39 is 28.4 Å². The Hall–Kier alpha value is -5.01. The Morgan fingerprint density at radius 1 is 0.780 bits per heavy atom. The van der Waals surface area contributed by atoms with Crippen LogP contribution in [0, 0.1) is 13.8 Å². The van der Waals surface area contributed by atoms with Gasteiger partial charge in [-0.05, 0) is 80.6 Å². The number of nitrogens with one attached hydrogen (secondary N) is 2. The second-order valence-corrected chi connectivity index (χ2v) is 14.5. The van der Waals surface area contributed by atoms with Gasteiger partial charge in [0.25, 0.3) is 5.91 Å². The van der Waals surface area contributed by atoms with Crippen molar-refractivity contribution in [1.82, 2.24) is 5.32 Å². The molecule has 2 atom stereocenters. The summed E-state index contributed by atoms with van der Waals surface area (Å²) in [6, 6.07) is 42.3. The molecule has 7 heteroatoms. The second kappa shape index (κ2) is 14.5. The van der Waals surface area contributed by atoms with Crippen LogP contribution in [0.2, 0.25) is 0 Å². The van der Waals surface area contributed by atoms with Crippen LogP contribution in [0.15, 0.2) is 127 Å². The largest absolute Gasteiger partial charge is 0.444 e. The van der Waals surface area contributed by atoms with Crippen molar-refractivity contribution in [3.63, 3.8) is 0 Å². The molecule has 1 unspecified atom stereocenters. The lowest BCUT2D eigenvalue weighted by atomic mass is 9.65. The molecular weight excluding hydrogens is 639 g/mol. The Morgan fingerprint density at radius 3 is 1.86 bits per heavy atom. The molecule has 0 radical (unpaired) electrons. The number of anilines is 2. The fourth-order valence-electron chi connectivity index (χ4n) is 7.06. The number of benzene rings is 5. The maximum atomic E-state index is 13.8. The molecule has 0 spiro atoms. The Morgan fingerprint density at radius 2 is 1.32 bits per heavy atom. The zero-order chi connectivity index (χ0) is 35.5. The predicted octanol–water partition coefficient (Wildman–Crippen LogP) is 9.10. The first-order valence-electron chi connectivity index (χ1n) is 17.1. The minimum atomic E-state index is -0.775. The van der Waals surface area contributed by atoms with Crippen molar-refractivity contribution >= 4 is 36.0 Å². The van der Waals surface area contributed by atoms with Crippen molar-refractivity contribution < 1.29 is 14.3 Å². The number of hydrogen-bond donors (Lipinski definition) is 3. The lowest BCUT2D eigenvalue weighted by Gasteiger charge is -2.44. The van der Waals surface area contributed by atoms with Gasteiger partial charge in [0.2, 0.25) is 0 Å².